The largest absolute Gasteiger partial charge is 0.463 e. The van der Waals surface area contributed by atoms with Gasteiger partial charge in [0.05, 0.1) is 19.3 Å². The molecule has 7 nitrogen and oxygen atoms in total. The van der Waals surface area contributed by atoms with Crippen LogP contribution in [0.25, 0.3) is 0 Å². The standard InChI is InChI=1S/C14H27N5O2/c1-6-8-21-14-18-12(15-7-2)17-13(19-14)16-11(9-20-5)10(3)4/h10-11H,6-9H2,1-5H3,(H2,15,16,17,18,19). The van der Waals surface area contributed by atoms with Crippen LogP contribution in [0.3, 0.4) is 0 Å². The Morgan fingerprint density at radius 3 is 2.38 bits per heavy atom. The van der Waals surface area contributed by atoms with Crippen LogP contribution in [-0.4, -0.2) is 47.9 Å². The fraction of sp³-hybridized carbons (Fsp3) is 0.786. The van der Waals surface area contributed by atoms with Crippen LogP contribution in [0.4, 0.5) is 11.9 Å². The van der Waals surface area contributed by atoms with Gasteiger partial charge in [0, 0.05) is 13.7 Å². The molecule has 1 heterocycles. The van der Waals surface area contributed by atoms with Crippen molar-refractivity contribution in [2.75, 3.05) is 37.5 Å². The summed E-state index contributed by atoms with van der Waals surface area (Å²) in [6.45, 7) is 10.2. The lowest BCUT2D eigenvalue weighted by atomic mass is 10.1. The number of methoxy groups -OCH3 is 1. The summed E-state index contributed by atoms with van der Waals surface area (Å²) in [6.07, 6.45) is 0.906. The number of nitrogens with one attached hydrogen (secondary N) is 2. The summed E-state index contributed by atoms with van der Waals surface area (Å²) < 4.78 is 10.7. The third kappa shape index (κ3) is 6.12. The first-order valence-corrected chi connectivity index (χ1v) is 7.48. The Morgan fingerprint density at radius 2 is 1.81 bits per heavy atom. The average Bonchev–Trinajstić information content (AvgIpc) is 2.45. The number of rotatable bonds is 10. The third-order valence-corrected chi connectivity index (χ3v) is 2.85. The van der Waals surface area contributed by atoms with Crippen LogP contribution < -0.4 is 15.4 Å². The predicted molar refractivity (Wildman–Crippen MR) is 83.9 cm³/mol. The molecule has 0 saturated carbocycles. The summed E-state index contributed by atoms with van der Waals surface area (Å²) in [5.41, 5.74) is 0. The molecule has 21 heavy (non-hydrogen) atoms. The third-order valence-electron chi connectivity index (χ3n) is 2.85. The molecule has 1 rings (SSSR count). The number of ether oxygens (including phenoxy) is 2. The molecule has 0 saturated heterocycles. The van der Waals surface area contributed by atoms with Gasteiger partial charge >= 0.3 is 6.01 Å². The molecule has 0 aliphatic carbocycles. The van der Waals surface area contributed by atoms with E-state index in [9.17, 15) is 0 Å². The van der Waals surface area contributed by atoms with Crippen molar-refractivity contribution in [1.82, 2.24) is 15.0 Å². The Hall–Kier alpha value is -1.63. The van der Waals surface area contributed by atoms with E-state index in [0.29, 0.717) is 37.0 Å². The molecule has 0 bridgehead atoms. The van der Waals surface area contributed by atoms with Crippen LogP contribution in [0.2, 0.25) is 0 Å². The van der Waals surface area contributed by atoms with Gasteiger partial charge < -0.3 is 20.1 Å². The molecule has 0 aromatic carbocycles. The van der Waals surface area contributed by atoms with Crippen molar-refractivity contribution in [2.45, 2.75) is 40.2 Å². The molecular formula is C14H27N5O2. The van der Waals surface area contributed by atoms with Gasteiger partial charge in [-0.2, -0.15) is 15.0 Å². The van der Waals surface area contributed by atoms with Crippen molar-refractivity contribution >= 4 is 11.9 Å². The topological polar surface area (TPSA) is 81.2 Å². The van der Waals surface area contributed by atoms with E-state index >= 15 is 0 Å². The first-order valence-electron chi connectivity index (χ1n) is 7.48. The summed E-state index contributed by atoms with van der Waals surface area (Å²) >= 11 is 0. The quantitative estimate of drug-likeness (QED) is 0.685. The number of aromatic nitrogens is 3. The molecule has 0 aliphatic rings. The SMILES string of the molecule is CCCOc1nc(NCC)nc(NC(COC)C(C)C)n1. The van der Waals surface area contributed by atoms with Gasteiger partial charge in [-0.15, -0.1) is 0 Å². The summed E-state index contributed by atoms with van der Waals surface area (Å²) in [7, 11) is 1.68. The maximum Gasteiger partial charge on any atom is 0.323 e. The predicted octanol–water partition coefficient (Wildman–Crippen LogP) is 2.18. The Balaban J connectivity index is 2.89. The summed E-state index contributed by atoms with van der Waals surface area (Å²) in [5, 5.41) is 6.37. The van der Waals surface area contributed by atoms with Crippen molar-refractivity contribution in [3.05, 3.63) is 0 Å². The fourth-order valence-electron chi connectivity index (χ4n) is 1.66. The molecule has 1 unspecified atom stereocenters. The number of hydrogen-bond acceptors (Lipinski definition) is 7. The van der Waals surface area contributed by atoms with Gasteiger partial charge in [0.2, 0.25) is 11.9 Å². The molecule has 1 aromatic rings. The molecule has 1 aromatic heterocycles. The molecule has 0 fully saturated rings. The van der Waals surface area contributed by atoms with Gasteiger partial charge in [-0.3, -0.25) is 0 Å². The highest BCUT2D eigenvalue weighted by Gasteiger charge is 2.16. The van der Waals surface area contributed by atoms with Crippen LogP contribution >= 0.6 is 0 Å². The zero-order valence-electron chi connectivity index (χ0n) is 13.6. The van der Waals surface area contributed by atoms with E-state index in [1.54, 1.807) is 7.11 Å². The van der Waals surface area contributed by atoms with Gasteiger partial charge in [0.15, 0.2) is 0 Å². The maximum absolute atomic E-state index is 5.51. The molecule has 0 aliphatic heterocycles. The van der Waals surface area contributed by atoms with E-state index < -0.39 is 0 Å². The Bertz CT molecular complexity index is 414. The summed E-state index contributed by atoms with van der Waals surface area (Å²) in [4.78, 5) is 12.9. The van der Waals surface area contributed by atoms with Crippen molar-refractivity contribution in [1.29, 1.82) is 0 Å². The monoisotopic (exact) mass is 297 g/mol. The van der Waals surface area contributed by atoms with E-state index in [1.807, 2.05) is 13.8 Å². The van der Waals surface area contributed by atoms with E-state index in [1.165, 1.54) is 0 Å². The van der Waals surface area contributed by atoms with E-state index in [2.05, 4.69) is 39.4 Å². The second kappa shape index (κ2) is 9.33. The molecule has 120 valence electrons. The van der Waals surface area contributed by atoms with Crippen LogP contribution in [0.5, 0.6) is 6.01 Å². The second-order valence-electron chi connectivity index (χ2n) is 5.09. The van der Waals surface area contributed by atoms with E-state index in [4.69, 9.17) is 9.47 Å². The minimum absolute atomic E-state index is 0.130. The van der Waals surface area contributed by atoms with Crippen molar-refractivity contribution in [3.8, 4) is 6.01 Å². The highest BCUT2D eigenvalue weighted by atomic mass is 16.5. The second-order valence-corrected chi connectivity index (χ2v) is 5.09. The Morgan fingerprint density at radius 1 is 1.10 bits per heavy atom. The molecule has 0 amide bonds. The van der Waals surface area contributed by atoms with E-state index in [-0.39, 0.29) is 6.04 Å². The van der Waals surface area contributed by atoms with Gasteiger partial charge in [0.25, 0.3) is 0 Å². The highest BCUT2D eigenvalue weighted by Crippen LogP contribution is 2.14. The normalized spacial score (nSPS) is 12.3. The number of hydrogen-bond donors (Lipinski definition) is 2. The van der Waals surface area contributed by atoms with Crippen LogP contribution in [0.15, 0.2) is 0 Å². The van der Waals surface area contributed by atoms with Crippen molar-refractivity contribution in [2.24, 2.45) is 5.92 Å². The number of anilines is 2. The minimum Gasteiger partial charge on any atom is -0.463 e. The average molecular weight is 297 g/mol. The Kier molecular flexibility index (Phi) is 7.74. The molecule has 7 heteroatoms. The Labute approximate surface area is 126 Å². The number of nitrogens with zero attached hydrogens (tertiary/aromatic N) is 3. The molecule has 0 radical (unpaired) electrons. The van der Waals surface area contributed by atoms with Crippen LogP contribution in [0, 0.1) is 5.92 Å². The van der Waals surface area contributed by atoms with Crippen LogP contribution in [-0.2, 0) is 4.74 Å². The van der Waals surface area contributed by atoms with Gasteiger partial charge in [0.1, 0.15) is 0 Å². The smallest absolute Gasteiger partial charge is 0.323 e. The lowest BCUT2D eigenvalue weighted by Gasteiger charge is -2.21. The van der Waals surface area contributed by atoms with Gasteiger partial charge in [-0.25, -0.2) is 0 Å². The fourth-order valence-corrected chi connectivity index (χ4v) is 1.66. The van der Waals surface area contributed by atoms with Gasteiger partial charge in [-0.1, -0.05) is 20.8 Å². The summed E-state index contributed by atoms with van der Waals surface area (Å²) in [6, 6.07) is 0.469. The van der Waals surface area contributed by atoms with Crippen LogP contribution in [0.1, 0.15) is 34.1 Å². The molecule has 2 N–H and O–H groups in total. The lowest BCUT2D eigenvalue weighted by molar-refractivity contribution is 0.170. The molecule has 1 atom stereocenters. The van der Waals surface area contributed by atoms with Crippen molar-refractivity contribution < 1.29 is 9.47 Å². The highest BCUT2D eigenvalue weighted by molar-refractivity contribution is 5.36. The zero-order chi connectivity index (χ0) is 15.7. The maximum atomic E-state index is 5.51. The zero-order valence-corrected chi connectivity index (χ0v) is 13.6. The molecular weight excluding hydrogens is 270 g/mol. The van der Waals surface area contributed by atoms with Crippen molar-refractivity contribution in [3.63, 3.8) is 0 Å². The molecule has 0 spiro atoms. The summed E-state index contributed by atoms with van der Waals surface area (Å²) in [5.74, 6) is 1.41. The van der Waals surface area contributed by atoms with Gasteiger partial charge in [-0.05, 0) is 19.3 Å². The lowest BCUT2D eigenvalue weighted by Crippen LogP contribution is -2.31. The first kappa shape index (κ1) is 17.4. The minimum atomic E-state index is 0.130. The van der Waals surface area contributed by atoms with E-state index in [0.717, 1.165) is 13.0 Å². The first-order chi connectivity index (χ1) is 10.1.